The van der Waals surface area contributed by atoms with Crippen molar-refractivity contribution >= 4 is 44.8 Å². The van der Waals surface area contributed by atoms with Gasteiger partial charge in [0.25, 0.3) is 0 Å². The number of hydrogen-bond acceptors (Lipinski definition) is 10. The molecule has 2 aromatic rings. The highest BCUT2D eigenvalue weighted by Crippen LogP contribution is 2.29. The summed E-state index contributed by atoms with van der Waals surface area (Å²) < 4.78 is 0. The largest absolute Gasteiger partial charge is 0.320 e. The summed E-state index contributed by atoms with van der Waals surface area (Å²) in [6.45, 7) is 0. The van der Waals surface area contributed by atoms with Crippen molar-refractivity contribution in [2.75, 3.05) is 10.6 Å². The minimum Gasteiger partial charge on any atom is -0.320 e. The highest BCUT2D eigenvalue weighted by molar-refractivity contribution is 7.15. The first-order valence-electron chi connectivity index (χ1n) is 12.3. The first kappa shape index (κ1) is 25.1. The molecule has 186 valence electrons. The number of unbranched alkanes of at least 4 members (excludes halogenated alkanes) is 1. The van der Waals surface area contributed by atoms with E-state index in [9.17, 15) is 9.59 Å². The summed E-state index contributed by atoms with van der Waals surface area (Å²) in [5, 5.41) is 25.0. The lowest BCUT2D eigenvalue weighted by Gasteiger charge is -2.16. The van der Waals surface area contributed by atoms with Gasteiger partial charge >= 0.3 is 0 Å². The van der Waals surface area contributed by atoms with Gasteiger partial charge in [-0.2, -0.15) is 0 Å². The van der Waals surface area contributed by atoms with Gasteiger partial charge in [0, 0.05) is 12.8 Å². The Kier molecular flexibility index (Phi) is 8.92. The second-order valence-corrected chi connectivity index (χ2v) is 11.5. The van der Waals surface area contributed by atoms with E-state index < -0.39 is 12.1 Å². The second kappa shape index (κ2) is 12.1. The monoisotopic (exact) mass is 506 g/mol. The molecule has 2 saturated carbocycles. The van der Waals surface area contributed by atoms with Gasteiger partial charge in [0.1, 0.15) is 10.0 Å². The normalized spacial score (nSPS) is 18.8. The molecule has 34 heavy (non-hydrogen) atoms. The van der Waals surface area contributed by atoms with Gasteiger partial charge in [0.2, 0.25) is 22.1 Å². The predicted molar refractivity (Wildman–Crippen MR) is 134 cm³/mol. The summed E-state index contributed by atoms with van der Waals surface area (Å²) in [7, 11) is 0. The molecule has 2 aliphatic carbocycles. The Hall–Kier alpha value is -2.02. The number of amides is 2. The Morgan fingerprint density at radius 2 is 1.12 bits per heavy atom. The van der Waals surface area contributed by atoms with Crippen LogP contribution in [0.4, 0.5) is 10.3 Å². The van der Waals surface area contributed by atoms with Gasteiger partial charge in [-0.05, 0) is 50.4 Å². The molecule has 0 spiro atoms. The zero-order valence-electron chi connectivity index (χ0n) is 19.4. The van der Waals surface area contributed by atoms with E-state index in [0.717, 1.165) is 87.1 Å². The summed E-state index contributed by atoms with van der Waals surface area (Å²) in [6, 6.07) is -0.954. The molecule has 2 aliphatic rings. The molecule has 0 aromatic carbocycles. The number of nitrogens with one attached hydrogen (secondary N) is 2. The van der Waals surface area contributed by atoms with Crippen LogP contribution in [0, 0.1) is 11.8 Å². The van der Waals surface area contributed by atoms with Crippen molar-refractivity contribution in [3.63, 3.8) is 0 Å². The summed E-state index contributed by atoms with van der Waals surface area (Å²) in [4.78, 5) is 24.7. The van der Waals surface area contributed by atoms with Crippen LogP contribution in [0.2, 0.25) is 0 Å². The molecule has 4 rings (SSSR count). The number of nitrogens with zero attached hydrogens (tertiary/aromatic N) is 4. The average Bonchev–Trinajstić information content (AvgIpc) is 3.63. The van der Waals surface area contributed by atoms with E-state index in [4.69, 9.17) is 11.5 Å². The van der Waals surface area contributed by atoms with Crippen molar-refractivity contribution < 1.29 is 9.59 Å². The van der Waals surface area contributed by atoms with Crippen molar-refractivity contribution in [3.05, 3.63) is 10.0 Å². The van der Waals surface area contributed by atoms with Gasteiger partial charge in [0.15, 0.2) is 0 Å². The molecule has 0 saturated heterocycles. The molecular formula is C22H34N8O2S2. The van der Waals surface area contributed by atoms with Crippen LogP contribution in [-0.4, -0.2) is 44.3 Å². The molecule has 2 aromatic heterocycles. The van der Waals surface area contributed by atoms with Crippen molar-refractivity contribution in [2.45, 2.75) is 89.1 Å². The maximum absolute atomic E-state index is 12.4. The van der Waals surface area contributed by atoms with Gasteiger partial charge in [-0.1, -0.05) is 48.4 Å². The second-order valence-electron chi connectivity index (χ2n) is 9.33. The maximum atomic E-state index is 12.4. The maximum Gasteiger partial charge on any atom is 0.243 e. The van der Waals surface area contributed by atoms with Crippen LogP contribution in [0.1, 0.15) is 74.2 Å². The minimum atomic E-state index is -0.477. The lowest BCUT2D eigenvalue weighted by atomic mass is 9.98. The smallest absolute Gasteiger partial charge is 0.243 e. The molecule has 6 N–H and O–H groups in total. The predicted octanol–water partition coefficient (Wildman–Crippen LogP) is 2.87. The number of aryl methyl sites for hydroxylation is 2. The first-order valence-corrected chi connectivity index (χ1v) is 13.9. The van der Waals surface area contributed by atoms with E-state index in [1.165, 1.54) is 22.7 Å². The van der Waals surface area contributed by atoms with Crippen LogP contribution >= 0.6 is 22.7 Å². The van der Waals surface area contributed by atoms with E-state index in [1.54, 1.807) is 0 Å². The Labute approximate surface area is 207 Å². The van der Waals surface area contributed by atoms with Gasteiger partial charge < -0.3 is 11.5 Å². The third-order valence-corrected chi connectivity index (χ3v) is 8.64. The SMILES string of the molecule is NC(C(=O)Nc1nnc(CCCCc2nnc(NC(=O)C(N)C3CCCC3)s2)s1)C1CCCC1. The van der Waals surface area contributed by atoms with Crippen molar-refractivity contribution in [2.24, 2.45) is 23.3 Å². The zero-order valence-corrected chi connectivity index (χ0v) is 21.0. The Morgan fingerprint density at radius 3 is 1.50 bits per heavy atom. The highest BCUT2D eigenvalue weighted by atomic mass is 32.1. The number of nitrogens with two attached hydrogens (primary N) is 2. The van der Waals surface area contributed by atoms with Gasteiger partial charge in [-0.3, -0.25) is 20.2 Å². The number of carbonyl (C=O) groups excluding carboxylic acids is 2. The molecule has 2 heterocycles. The van der Waals surface area contributed by atoms with Crippen molar-refractivity contribution in [3.8, 4) is 0 Å². The standard InChI is InChI=1S/C22H34N8O2S2/c23-17(13-7-1-2-8-13)19(31)25-21-29-27-15(33-21)11-5-6-12-16-28-30-22(34-16)26-20(32)18(24)14-9-3-4-10-14/h13-14,17-18H,1-12,23-24H2,(H,25,29,31)(H,26,30,32). The topological polar surface area (TPSA) is 162 Å². The quantitative estimate of drug-likeness (QED) is 0.338. The third-order valence-electron chi connectivity index (χ3n) is 6.85. The molecule has 10 nitrogen and oxygen atoms in total. The van der Waals surface area contributed by atoms with E-state index in [2.05, 4.69) is 31.0 Å². The van der Waals surface area contributed by atoms with Gasteiger partial charge in [-0.25, -0.2) is 0 Å². The van der Waals surface area contributed by atoms with Crippen LogP contribution in [0.5, 0.6) is 0 Å². The molecule has 0 radical (unpaired) electrons. The van der Waals surface area contributed by atoms with Crippen molar-refractivity contribution in [1.29, 1.82) is 0 Å². The number of carbonyl (C=O) groups is 2. The van der Waals surface area contributed by atoms with E-state index in [-0.39, 0.29) is 23.7 Å². The summed E-state index contributed by atoms with van der Waals surface area (Å²) in [5.41, 5.74) is 12.2. The zero-order chi connectivity index (χ0) is 23.9. The van der Waals surface area contributed by atoms with E-state index in [0.29, 0.717) is 10.3 Å². The van der Waals surface area contributed by atoms with Crippen LogP contribution in [0.15, 0.2) is 0 Å². The number of anilines is 2. The minimum absolute atomic E-state index is 0.169. The molecule has 2 fully saturated rings. The van der Waals surface area contributed by atoms with E-state index in [1.807, 2.05) is 0 Å². The Bertz CT molecular complexity index is 876. The summed E-state index contributed by atoms with van der Waals surface area (Å²) in [6.07, 6.45) is 12.1. The fourth-order valence-electron chi connectivity index (χ4n) is 4.80. The number of rotatable bonds is 11. The molecule has 2 amide bonds. The Morgan fingerprint density at radius 1 is 0.735 bits per heavy atom. The van der Waals surface area contributed by atoms with Crippen LogP contribution < -0.4 is 22.1 Å². The van der Waals surface area contributed by atoms with E-state index >= 15 is 0 Å². The Balaban J connectivity index is 1.15. The van der Waals surface area contributed by atoms with Crippen LogP contribution in [0.25, 0.3) is 0 Å². The highest BCUT2D eigenvalue weighted by Gasteiger charge is 2.29. The molecule has 12 heteroatoms. The average molecular weight is 507 g/mol. The van der Waals surface area contributed by atoms with Crippen molar-refractivity contribution in [1.82, 2.24) is 20.4 Å². The van der Waals surface area contributed by atoms with Crippen LogP contribution in [0.3, 0.4) is 0 Å². The van der Waals surface area contributed by atoms with Crippen LogP contribution in [-0.2, 0) is 22.4 Å². The first-order chi connectivity index (χ1) is 16.5. The molecule has 0 bridgehead atoms. The lowest BCUT2D eigenvalue weighted by Crippen LogP contribution is -2.40. The lowest BCUT2D eigenvalue weighted by molar-refractivity contribution is -0.119. The fraction of sp³-hybridized carbons (Fsp3) is 0.727. The molecule has 0 aliphatic heterocycles. The molecule has 2 atom stereocenters. The summed E-state index contributed by atoms with van der Waals surface area (Å²) >= 11 is 2.79. The number of aromatic nitrogens is 4. The van der Waals surface area contributed by atoms with Gasteiger partial charge in [0.05, 0.1) is 12.1 Å². The third kappa shape index (κ3) is 6.77. The summed E-state index contributed by atoms with van der Waals surface area (Å²) in [5.74, 6) is 0.201. The fourth-order valence-corrected chi connectivity index (χ4v) is 6.37. The molecular weight excluding hydrogens is 472 g/mol. The number of hydrogen-bond donors (Lipinski definition) is 4. The van der Waals surface area contributed by atoms with Gasteiger partial charge in [-0.15, -0.1) is 20.4 Å². The molecule has 2 unspecified atom stereocenters.